The van der Waals surface area contributed by atoms with Crippen molar-refractivity contribution in [3.63, 3.8) is 0 Å². The van der Waals surface area contributed by atoms with Crippen molar-refractivity contribution in [2.24, 2.45) is 11.8 Å². The summed E-state index contributed by atoms with van der Waals surface area (Å²) in [4.78, 5) is 12.6. The van der Waals surface area contributed by atoms with Crippen LogP contribution in [0.1, 0.15) is 43.5 Å². The lowest BCUT2D eigenvalue weighted by atomic mass is 9.78. The Morgan fingerprint density at radius 2 is 1.74 bits per heavy atom. The third-order valence-corrected chi connectivity index (χ3v) is 6.75. The number of hydrogen-bond donors (Lipinski definition) is 1. The van der Waals surface area contributed by atoms with E-state index in [0.29, 0.717) is 17.4 Å². The van der Waals surface area contributed by atoms with Crippen molar-refractivity contribution in [2.45, 2.75) is 44.0 Å². The molecule has 0 aromatic heterocycles. The average Bonchev–Trinajstić information content (AvgIpc) is 2.51. The molecule has 1 aliphatic rings. The normalized spacial score (nSPS) is 25.3. The van der Waals surface area contributed by atoms with Gasteiger partial charge in [0.15, 0.2) is 0 Å². The number of amides is 1. The van der Waals surface area contributed by atoms with Gasteiger partial charge in [-0.15, -0.1) is 0 Å². The van der Waals surface area contributed by atoms with Crippen LogP contribution in [0.4, 0.5) is 0 Å². The van der Waals surface area contributed by atoms with Crippen LogP contribution in [-0.4, -0.2) is 38.8 Å². The van der Waals surface area contributed by atoms with E-state index in [1.165, 1.54) is 32.6 Å². The Labute approximate surface area is 139 Å². The summed E-state index contributed by atoms with van der Waals surface area (Å²) in [5, 5.41) is 3.10. The Morgan fingerprint density at radius 3 is 2.30 bits per heavy atom. The SMILES string of the molecule is CC1CCCC(NC(=O)c2ccc(S(=O)(=O)N(C)C)cc2)C1C. The van der Waals surface area contributed by atoms with Crippen LogP contribution in [0.2, 0.25) is 0 Å². The fourth-order valence-electron chi connectivity index (χ4n) is 3.03. The molecule has 0 aliphatic heterocycles. The topological polar surface area (TPSA) is 66.5 Å². The maximum absolute atomic E-state index is 12.4. The standard InChI is InChI=1S/C17H26N2O3S/c1-12-6-5-7-16(13(12)2)18-17(20)14-8-10-15(11-9-14)23(21,22)19(3)4/h8-13,16H,5-7H2,1-4H3,(H,18,20). The highest BCUT2D eigenvalue weighted by Gasteiger charge is 2.28. The molecule has 3 atom stereocenters. The molecule has 1 N–H and O–H groups in total. The van der Waals surface area contributed by atoms with Crippen LogP contribution in [-0.2, 0) is 10.0 Å². The van der Waals surface area contributed by atoms with Gasteiger partial charge in [-0.2, -0.15) is 0 Å². The van der Waals surface area contributed by atoms with Gasteiger partial charge in [0.2, 0.25) is 10.0 Å². The summed E-state index contributed by atoms with van der Waals surface area (Å²) in [5.74, 6) is 0.938. The van der Waals surface area contributed by atoms with Crippen molar-refractivity contribution >= 4 is 15.9 Å². The molecule has 1 aliphatic carbocycles. The average molecular weight is 338 g/mol. The molecule has 23 heavy (non-hydrogen) atoms. The molecule has 0 saturated heterocycles. The van der Waals surface area contributed by atoms with Gasteiger partial charge >= 0.3 is 0 Å². The number of carbonyl (C=O) groups excluding carboxylic acids is 1. The van der Waals surface area contributed by atoms with Crippen LogP contribution in [0, 0.1) is 11.8 Å². The summed E-state index contributed by atoms with van der Waals surface area (Å²) in [7, 11) is -0.486. The third kappa shape index (κ3) is 3.93. The van der Waals surface area contributed by atoms with E-state index in [1.54, 1.807) is 12.1 Å². The quantitative estimate of drug-likeness (QED) is 0.917. The van der Waals surface area contributed by atoms with E-state index in [-0.39, 0.29) is 16.8 Å². The zero-order chi connectivity index (χ0) is 17.2. The van der Waals surface area contributed by atoms with Crippen molar-refractivity contribution in [3.05, 3.63) is 29.8 Å². The molecule has 128 valence electrons. The zero-order valence-corrected chi connectivity index (χ0v) is 15.1. The minimum Gasteiger partial charge on any atom is -0.349 e. The van der Waals surface area contributed by atoms with Gasteiger partial charge in [-0.05, 0) is 42.5 Å². The van der Waals surface area contributed by atoms with E-state index in [4.69, 9.17) is 0 Å². The molecule has 1 aromatic carbocycles. The predicted octanol–water partition coefficient (Wildman–Crippen LogP) is 2.49. The van der Waals surface area contributed by atoms with Gasteiger partial charge < -0.3 is 5.32 Å². The second-order valence-corrected chi connectivity index (χ2v) is 8.81. The first-order chi connectivity index (χ1) is 10.7. The first-order valence-electron chi connectivity index (χ1n) is 8.07. The number of rotatable bonds is 4. The van der Waals surface area contributed by atoms with Crippen LogP contribution in [0.5, 0.6) is 0 Å². The van der Waals surface area contributed by atoms with Gasteiger partial charge in [0.25, 0.3) is 5.91 Å². The maximum atomic E-state index is 12.4. The number of nitrogens with zero attached hydrogens (tertiary/aromatic N) is 1. The van der Waals surface area contributed by atoms with Gasteiger partial charge in [0, 0.05) is 25.7 Å². The van der Waals surface area contributed by atoms with Crippen LogP contribution in [0.15, 0.2) is 29.2 Å². The first-order valence-corrected chi connectivity index (χ1v) is 9.51. The first kappa shape index (κ1) is 17.9. The van der Waals surface area contributed by atoms with E-state index in [9.17, 15) is 13.2 Å². The maximum Gasteiger partial charge on any atom is 0.251 e. The van der Waals surface area contributed by atoms with Crippen LogP contribution < -0.4 is 5.32 Å². The minimum absolute atomic E-state index is 0.134. The molecule has 0 bridgehead atoms. The van der Waals surface area contributed by atoms with E-state index >= 15 is 0 Å². The molecule has 1 amide bonds. The van der Waals surface area contributed by atoms with Gasteiger partial charge in [-0.3, -0.25) is 4.79 Å². The summed E-state index contributed by atoms with van der Waals surface area (Å²) in [5.41, 5.74) is 0.494. The Balaban J connectivity index is 2.09. The molecule has 0 radical (unpaired) electrons. The van der Waals surface area contributed by atoms with Crippen LogP contribution in [0.3, 0.4) is 0 Å². The van der Waals surface area contributed by atoms with Gasteiger partial charge in [0.1, 0.15) is 0 Å². The molecule has 1 saturated carbocycles. The van der Waals surface area contributed by atoms with Crippen LogP contribution in [0.25, 0.3) is 0 Å². The number of sulfonamides is 1. The van der Waals surface area contributed by atoms with Crippen molar-refractivity contribution in [1.29, 1.82) is 0 Å². The van der Waals surface area contributed by atoms with Crippen molar-refractivity contribution in [3.8, 4) is 0 Å². The molecular formula is C17H26N2O3S. The zero-order valence-electron chi connectivity index (χ0n) is 14.2. The summed E-state index contributed by atoms with van der Waals surface area (Å²) >= 11 is 0. The van der Waals surface area contributed by atoms with Crippen molar-refractivity contribution < 1.29 is 13.2 Å². The highest BCUT2D eigenvalue weighted by atomic mass is 32.2. The van der Waals surface area contributed by atoms with Gasteiger partial charge in [-0.25, -0.2) is 12.7 Å². The lowest BCUT2D eigenvalue weighted by Crippen LogP contribution is -2.43. The second-order valence-electron chi connectivity index (χ2n) is 6.66. The second kappa shape index (κ2) is 7.01. The number of benzene rings is 1. The Morgan fingerprint density at radius 1 is 1.13 bits per heavy atom. The Bertz CT molecular complexity index is 653. The van der Waals surface area contributed by atoms with E-state index in [1.807, 2.05) is 0 Å². The lowest BCUT2D eigenvalue weighted by Gasteiger charge is -2.34. The fourth-order valence-corrected chi connectivity index (χ4v) is 3.93. The van der Waals surface area contributed by atoms with Crippen molar-refractivity contribution in [2.75, 3.05) is 14.1 Å². The summed E-state index contributed by atoms with van der Waals surface area (Å²) in [6.45, 7) is 4.41. The fraction of sp³-hybridized carbons (Fsp3) is 0.588. The molecule has 1 aromatic rings. The van der Waals surface area contributed by atoms with Crippen LogP contribution >= 0.6 is 0 Å². The minimum atomic E-state index is -3.46. The van der Waals surface area contributed by atoms with E-state index in [0.717, 1.165) is 17.1 Å². The number of hydrogen-bond acceptors (Lipinski definition) is 3. The molecular weight excluding hydrogens is 312 g/mol. The monoisotopic (exact) mass is 338 g/mol. The number of carbonyl (C=O) groups is 1. The summed E-state index contributed by atoms with van der Waals surface area (Å²) in [6, 6.07) is 6.30. The highest BCUT2D eigenvalue weighted by molar-refractivity contribution is 7.89. The Hall–Kier alpha value is -1.40. The molecule has 0 spiro atoms. The van der Waals surface area contributed by atoms with E-state index in [2.05, 4.69) is 19.2 Å². The van der Waals surface area contributed by atoms with Gasteiger partial charge in [-0.1, -0.05) is 26.7 Å². The summed E-state index contributed by atoms with van der Waals surface area (Å²) < 4.78 is 25.2. The number of nitrogens with one attached hydrogen (secondary N) is 1. The smallest absolute Gasteiger partial charge is 0.251 e. The molecule has 3 unspecified atom stereocenters. The molecule has 6 heteroatoms. The molecule has 5 nitrogen and oxygen atoms in total. The lowest BCUT2D eigenvalue weighted by molar-refractivity contribution is 0.0891. The molecule has 2 rings (SSSR count). The Kier molecular flexibility index (Phi) is 5.47. The third-order valence-electron chi connectivity index (χ3n) is 4.92. The largest absolute Gasteiger partial charge is 0.349 e. The van der Waals surface area contributed by atoms with Gasteiger partial charge in [0.05, 0.1) is 4.90 Å². The summed E-state index contributed by atoms with van der Waals surface area (Å²) in [6.07, 6.45) is 3.35. The predicted molar refractivity (Wildman–Crippen MR) is 90.7 cm³/mol. The molecule has 1 fully saturated rings. The highest BCUT2D eigenvalue weighted by Crippen LogP contribution is 2.29. The van der Waals surface area contributed by atoms with E-state index < -0.39 is 10.0 Å². The molecule has 0 heterocycles. The van der Waals surface area contributed by atoms with Crippen molar-refractivity contribution in [1.82, 2.24) is 9.62 Å².